The van der Waals surface area contributed by atoms with Gasteiger partial charge in [-0.05, 0) is 42.1 Å². The smallest absolute Gasteiger partial charge is 0.363 e. The number of cyclic esters (lactones) is 1. The molecular weight excluding hydrogens is 286 g/mol. The number of thiophene rings is 1. The number of carbonyl (C=O) groups excluding carboxylic acids is 1. The van der Waals surface area contributed by atoms with Crippen LogP contribution in [0.25, 0.3) is 6.08 Å². The second kappa shape index (κ2) is 5.93. The zero-order valence-electron chi connectivity index (χ0n) is 11.4. The fourth-order valence-electron chi connectivity index (χ4n) is 1.90. The lowest BCUT2D eigenvalue weighted by molar-refractivity contribution is -0.129. The zero-order valence-corrected chi connectivity index (χ0v) is 12.2. The molecule has 5 heteroatoms. The minimum absolute atomic E-state index is 0.308. The third-order valence-electron chi connectivity index (χ3n) is 2.85. The highest BCUT2D eigenvalue weighted by Crippen LogP contribution is 2.22. The van der Waals surface area contributed by atoms with Crippen LogP contribution in [0.2, 0.25) is 0 Å². The summed E-state index contributed by atoms with van der Waals surface area (Å²) >= 11 is 1.49. The molecule has 0 radical (unpaired) electrons. The lowest BCUT2D eigenvalue weighted by Crippen LogP contribution is -2.03. The third kappa shape index (κ3) is 3.03. The van der Waals surface area contributed by atoms with Crippen molar-refractivity contribution in [3.8, 4) is 5.75 Å². The van der Waals surface area contributed by atoms with Gasteiger partial charge in [-0.25, -0.2) is 9.79 Å². The van der Waals surface area contributed by atoms with Crippen LogP contribution in [-0.4, -0.2) is 18.5 Å². The Morgan fingerprint density at radius 2 is 2.10 bits per heavy atom. The molecule has 4 nitrogen and oxygen atoms in total. The summed E-state index contributed by atoms with van der Waals surface area (Å²) in [5, 5.41) is 1.92. The number of rotatable bonds is 4. The minimum atomic E-state index is -0.424. The van der Waals surface area contributed by atoms with E-state index in [-0.39, 0.29) is 0 Å². The average molecular weight is 299 g/mol. The summed E-state index contributed by atoms with van der Waals surface area (Å²) in [6.07, 6.45) is 1.71. The summed E-state index contributed by atoms with van der Waals surface area (Å²) in [4.78, 5) is 16.9. The van der Waals surface area contributed by atoms with Crippen molar-refractivity contribution >= 4 is 29.3 Å². The lowest BCUT2D eigenvalue weighted by Gasteiger charge is -2.02. The maximum Gasteiger partial charge on any atom is 0.363 e. The molecule has 21 heavy (non-hydrogen) atoms. The molecule has 0 saturated heterocycles. The standard InChI is InChI=1S/C16H13NO3S/c1-2-19-12-7-5-11(6-8-12)10-13-16(18)20-15(17-13)14-4-3-9-21-14/h3-10H,2H2,1H3. The maximum atomic E-state index is 11.8. The van der Waals surface area contributed by atoms with Gasteiger partial charge in [0.2, 0.25) is 5.90 Å². The number of carbonyl (C=O) groups is 1. The Hall–Kier alpha value is -2.40. The van der Waals surface area contributed by atoms with Gasteiger partial charge >= 0.3 is 5.97 Å². The van der Waals surface area contributed by atoms with Crippen molar-refractivity contribution in [2.75, 3.05) is 6.61 Å². The van der Waals surface area contributed by atoms with Crippen molar-refractivity contribution in [1.29, 1.82) is 0 Å². The van der Waals surface area contributed by atoms with Gasteiger partial charge < -0.3 is 9.47 Å². The molecule has 2 aromatic rings. The molecule has 0 amide bonds. The van der Waals surface area contributed by atoms with E-state index in [0.29, 0.717) is 18.2 Å². The molecule has 2 heterocycles. The third-order valence-corrected chi connectivity index (χ3v) is 3.70. The number of nitrogens with zero attached hydrogens (tertiary/aromatic N) is 1. The van der Waals surface area contributed by atoms with E-state index in [9.17, 15) is 4.79 Å². The van der Waals surface area contributed by atoms with Crippen LogP contribution in [0.5, 0.6) is 5.75 Å². The van der Waals surface area contributed by atoms with E-state index >= 15 is 0 Å². The van der Waals surface area contributed by atoms with E-state index < -0.39 is 5.97 Å². The highest BCUT2D eigenvalue weighted by Gasteiger charge is 2.24. The molecule has 0 spiro atoms. The highest BCUT2D eigenvalue weighted by atomic mass is 32.1. The molecule has 0 unspecified atom stereocenters. The van der Waals surface area contributed by atoms with Crippen LogP contribution >= 0.6 is 11.3 Å². The normalized spacial score (nSPS) is 16.0. The first-order valence-electron chi connectivity index (χ1n) is 6.55. The molecule has 1 aromatic heterocycles. The molecule has 106 valence electrons. The van der Waals surface area contributed by atoms with E-state index in [0.717, 1.165) is 16.2 Å². The Morgan fingerprint density at radius 1 is 1.29 bits per heavy atom. The fourth-order valence-corrected chi connectivity index (χ4v) is 2.55. The van der Waals surface area contributed by atoms with Gasteiger partial charge in [-0.15, -0.1) is 11.3 Å². The van der Waals surface area contributed by atoms with Gasteiger partial charge in [-0.2, -0.15) is 0 Å². The van der Waals surface area contributed by atoms with Crippen LogP contribution in [0.15, 0.2) is 52.5 Å². The van der Waals surface area contributed by atoms with E-state index in [2.05, 4.69) is 4.99 Å². The van der Waals surface area contributed by atoms with Crippen LogP contribution in [0, 0.1) is 0 Å². The summed E-state index contributed by atoms with van der Waals surface area (Å²) in [5.74, 6) is 0.746. The van der Waals surface area contributed by atoms with Crippen molar-refractivity contribution in [3.05, 3.63) is 57.9 Å². The molecule has 0 fully saturated rings. The van der Waals surface area contributed by atoms with Crippen LogP contribution in [-0.2, 0) is 9.53 Å². The Kier molecular flexibility index (Phi) is 3.83. The van der Waals surface area contributed by atoms with Crippen molar-refractivity contribution in [1.82, 2.24) is 0 Å². The summed E-state index contributed by atoms with van der Waals surface area (Å²) in [6.45, 7) is 2.56. The second-order valence-electron chi connectivity index (χ2n) is 4.32. The molecule has 1 aliphatic heterocycles. The largest absolute Gasteiger partial charge is 0.494 e. The Morgan fingerprint density at radius 3 is 2.76 bits per heavy atom. The molecular formula is C16H13NO3S. The molecule has 3 rings (SSSR count). The maximum absolute atomic E-state index is 11.8. The van der Waals surface area contributed by atoms with Crippen LogP contribution in [0.3, 0.4) is 0 Å². The minimum Gasteiger partial charge on any atom is -0.494 e. The van der Waals surface area contributed by atoms with Gasteiger partial charge in [0.15, 0.2) is 5.70 Å². The number of hydrogen-bond donors (Lipinski definition) is 0. The Balaban J connectivity index is 1.83. The van der Waals surface area contributed by atoms with Gasteiger partial charge in [0.25, 0.3) is 0 Å². The van der Waals surface area contributed by atoms with Crippen molar-refractivity contribution in [2.24, 2.45) is 4.99 Å². The summed E-state index contributed by atoms with van der Waals surface area (Å²) in [7, 11) is 0. The lowest BCUT2D eigenvalue weighted by atomic mass is 10.2. The van der Waals surface area contributed by atoms with Crippen LogP contribution < -0.4 is 4.74 Å². The van der Waals surface area contributed by atoms with Gasteiger partial charge in [-0.1, -0.05) is 18.2 Å². The number of benzene rings is 1. The molecule has 0 saturated carbocycles. The fraction of sp³-hybridized carbons (Fsp3) is 0.125. The SMILES string of the molecule is CCOc1ccc(C=C2N=C(c3cccs3)OC2=O)cc1. The summed E-state index contributed by atoms with van der Waals surface area (Å²) < 4.78 is 10.6. The molecule has 0 atom stereocenters. The van der Waals surface area contributed by atoms with Gasteiger partial charge in [0.1, 0.15) is 5.75 Å². The average Bonchev–Trinajstić information content (AvgIpc) is 3.12. The van der Waals surface area contributed by atoms with Gasteiger partial charge in [-0.3, -0.25) is 0 Å². The van der Waals surface area contributed by atoms with Gasteiger partial charge in [0, 0.05) is 0 Å². The monoisotopic (exact) mass is 299 g/mol. The van der Waals surface area contributed by atoms with E-state index in [1.165, 1.54) is 11.3 Å². The molecule has 0 aliphatic carbocycles. The molecule has 1 aliphatic rings. The Bertz CT molecular complexity index is 700. The molecule has 0 bridgehead atoms. The summed E-state index contributed by atoms with van der Waals surface area (Å²) in [5.41, 5.74) is 1.18. The van der Waals surface area contributed by atoms with Gasteiger partial charge in [0.05, 0.1) is 11.5 Å². The van der Waals surface area contributed by atoms with Crippen molar-refractivity contribution in [2.45, 2.75) is 6.92 Å². The van der Waals surface area contributed by atoms with Crippen LogP contribution in [0.4, 0.5) is 0 Å². The number of hydrogen-bond acceptors (Lipinski definition) is 5. The van der Waals surface area contributed by atoms with Crippen molar-refractivity contribution < 1.29 is 14.3 Å². The quantitative estimate of drug-likeness (QED) is 0.641. The van der Waals surface area contributed by atoms with Crippen LogP contribution in [0.1, 0.15) is 17.4 Å². The number of aliphatic imine (C=N–C) groups is 1. The molecule has 0 N–H and O–H groups in total. The second-order valence-corrected chi connectivity index (χ2v) is 5.26. The summed E-state index contributed by atoms with van der Waals surface area (Å²) in [6, 6.07) is 11.2. The highest BCUT2D eigenvalue weighted by molar-refractivity contribution is 7.12. The predicted octanol–water partition coefficient (Wildman–Crippen LogP) is 3.49. The zero-order chi connectivity index (χ0) is 14.7. The Labute approximate surface area is 126 Å². The van der Waals surface area contributed by atoms with E-state index in [1.54, 1.807) is 6.08 Å². The predicted molar refractivity (Wildman–Crippen MR) is 82.5 cm³/mol. The first kappa shape index (κ1) is 13.6. The number of ether oxygens (including phenoxy) is 2. The first-order chi connectivity index (χ1) is 10.3. The van der Waals surface area contributed by atoms with E-state index in [1.807, 2.05) is 48.7 Å². The molecule has 1 aromatic carbocycles. The van der Waals surface area contributed by atoms with E-state index in [4.69, 9.17) is 9.47 Å². The number of esters is 1. The van der Waals surface area contributed by atoms with Crippen molar-refractivity contribution in [3.63, 3.8) is 0 Å². The first-order valence-corrected chi connectivity index (χ1v) is 7.43. The topological polar surface area (TPSA) is 47.9 Å².